The van der Waals surface area contributed by atoms with Crippen LogP contribution in [0.3, 0.4) is 0 Å². The molecule has 0 radical (unpaired) electrons. The second-order valence-electron chi connectivity index (χ2n) is 6.38. The van der Waals surface area contributed by atoms with E-state index in [2.05, 4.69) is 10.2 Å². The molecule has 1 aliphatic rings. The molecule has 1 aromatic carbocycles. The minimum atomic E-state index is -3.76. The number of ether oxygens (including phenoxy) is 1. The lowest BCUT2D eigenvalue weighted by atomic mass is 10.1. The summed E-state index contributed by atoms with van der Waals surface area (Å²) in [5.74, 6) is -0.746. The van der Waals surface area contributed by atoms with Crippen LogP contribution >= 0.6 is 0 Å². The van der Waals surface area contributed by atoms with Gasteiger partial charge < -0.3 is 14.7 Å². The minimum absolute atomic E-state index is 0.0292. The van der Waals surface area contributed by atoms with Crippen molar-refractivity contribution in [2.24, 2.45) is 0 Å². The number of H-pyrrole nitrogens is 1. The Kier molecular flexibility index (Phi) is 5.49. The molecule has 1 saturated heterocycles. The average Bonchev–Trinajstić information content (AvgIpc) is 3.06. The van der Waals surface area contributed by atoms with Crippen molar-refractivity contribution in [2.45, 2.75) is 18.4 Å². The van der Waals surface area contributed by atoms with Crippen molar-refractivity contribution in [3.63, 3.8) is 0 Å². The number of benzene rings is 1. The number of aromatic hydroxyl groups is 1. The van der Waals surface area contributed by atoms with Crippen molar-refractivity contribution in [1.29, 1.82) is 0 Å². The van der Waals surface area contributed by atoms with Crippen LogP contribution in [0.5, 0.6) is 5.75 Å². The molecule has 0 unspecified atom stereocenters. The number of aromatic nitrogens is 2. The normalized spacial score (nSPS) is 15.6. The topological polar surface area (TPSA) is 116 Å². The van der Waals surface area contributed by atoms with E-state index < -0.39 is 15.9 Å². The van der Waals surface area contributed by atoms with Crippen LogP contribution in [0.15, 0.2) is 29.3 Å². The molecule has 27 heavy (non-hydrogen) atoms. The van der Waals surface area contributed by atoms with Crippen molar-refractivity contribution < 1.29 is 23.1 Å². The van der Waals surface area contributed by atoms with Gasteiger partial charge in [0.15, 0.2) is 0 Å². The Balaban J connectivity index is 1.86. The van der Waals surface area contributed by atoms with Gasteiger partial charge in [-0.25, -0.2) is 8.42 Å². The number of carbonyl (C=O) groups excluding carboxylic acids is 1. The summed E-state index contributed by atoms with van der Waals surface area (Å²) >= 11 is 0. The largest absolute Gasteiger partial charge is 0.507 e. The van der Waals surface area contributed by atoms with E-state index in [0.717, 1.165) is 11.3 Å². The predicted molar refractivity (Wildman–Crippen MR) is 96.8 cm³/mol. The lowest BCUT2D eigenvalue weighted by molar-refractivity contribution is 0.0730. The molecule has 1 amide bonds. The van der Waals surface area contributed by atoms with Crippen molar-refractivity contribution in [3.8, 4) is 5.75 Å². The number of sulfonamides is 1. The number of hydrogen-bond acceptors (Lipinski definition) is 6. The second kappa shape index (κ2) is 7.67. The lowest BCUT2D eigenvalue weighted by Gasteiger charge is -2.26. The van der Waals surface area contributed by atoms with Gasteiger partial charge in [-0.1, -0.05) is 0 Å². The first-order valence-corrected chi connectivity index (χ1v) is 9.90. The highest BCUT2D eigenvalue weighted by molar-refractivity contribution is 7.89. The van der Waals surface area contributed by atoms with Gasteiger partial charge in [0.2, 0.25) is 10.0 Å². The van der Waals surface area contributed by atoms with Crippen molar-refractivity contribution >= 4 is 15.9 Å². The van der Waals surface area contributed by atoms with Gasteiger partial charge in [-0.2, -0.15) is 9.40 Å². The zero-order valence-electron chi connectivity index (χ0n) is 15.2. The number of phenolic OH excluding ortho intramolecular Hbond substituents is 1. The van der Waals surface area contributed by atoms with Gasteiger partial charge in [0.1, 0.15) is 5.75 Å². The van der Waals surface area contributed by atoms with Gasteiger partial charge in [-0.15, -0.1) is 0 Å². The summed E-state index contributed by atoms with van der Waals surface area (Å²) in [6.45, 7) is 3.29. The fourth-order valence-electron chi connectivity index (χ4n) is 2.85. The number of phenols is 1. The third kappa shape index (κ3) is 3.97. The quantitative estimate of drug-likeness (QED) is 0.772. The number of aryl methyl sites for hydroxylation is 1. The van der Waals surface area contributed by atoms with Crippen LogP contribution in [0.25, 0.3) is 0 Å². The van der Waals surface area contributed by atoms with E-state index in [4.69, 9.17) is 4.74 Å². The van der Waals surface area contributed by atoms with Gasteiger partial charge in [0, 0.05) is 37.9 Å². The number of aromatic amines is 1. The van der Waals surface area contributed by atoms with Crippen LogP contribution in [0.2, 0.25) is 0 Å². The molecule has 0 aliphatic carbocycles. The average molecular weight is 394 g/mol. The Morgan fingerprint density at radius 1 is 1.37 bits per heavy atom. The highest BCUT2D eigenvalue weighted by Gasteiger charge is 2.28. The lowest BCUT2D eigenvalue weighted by Crippen LogP contribution is -2.40. The van der Waals surface area contributed by atoms with Crippen LogP contribution in [0.1, 0.15) is 21.6 Å². The second-order valence-corrected chi connectivity index (χ2v) is 8.31. The maximum atomic E-state index is 12.8. The fourth-order valence-corrected chi connectivity index (χ4v) is 4.29. The third-order valence-corrected chi connectivity index (χ3v) is 6.39. The Labute approximate surface area is 157 Å². The molecule has 10 heteroatoms. The molecule has 1 aliphatic heterocycles. The van der Waals surface area contributed by atoms with Gasteiger partial charge in [-0.05, 0) is 25.1 Å². The molecule has 3 rings (SSSR count). The van der Waals surface area contributed by atoms with Crippen molar-refractivity contribution in [2.75, 3.05) is 33.4 Å². The minimum Gasteiger partial charge on any atom is -0.507 e. The van der Waals surface area contributed by atoms with Crippen LogP contribution in [0, 0.1) is 6.92 Å². The maximum absolute atomic E-state index is 12.8. The SMILES string of the molecule is Cc1[nH]ncc1CN(C)C(=O)c1cc(S(=O)(=O)N2CCOCC2)ccc1O. The Bertz CT molecular complexity index is 935. The molecular weight excluding hydrogens is 372 g/mol. The van der Waals surface area contributed by atoms with Crippen LogP contribution in [0.4, 0.5) is 0 Å². The molecule has 2 N–H and O–H groups in total. The van der Waals surface area contributed by atoms with Gasteiger partial charge in [0.05, 0.1) is 29.9 Å². The summed E-state index contributed by atoms with van der Waals surface area (Å²) in [6, 6.07) is 3.76. The first-order chi connectivity index (χ1) is 12.8. The van der Waals surface area contributed by atoms with E-state index >= 15 is 0 Å². The first kappa shape index (κ1) is 19.3. The summed E-state index contributed by atoms with van der Waals surface area (Å²) in [6.07, 6.45) is 1.62. The number of nitrogens with zero attached hydrogens (tertiary/aromatic N) is 3. The van der Waals surface area contributed by atoms with Crippen molar-refractivity contribution in [3.05, 3.63) is 41.2 Å². The molecule has 0 saturated carbocycles. The van der Waals surface area contributed by atoms with Gasteiger partial charge >= 0.3 is 0 Å². The summed E-state index contributed by atoms with van der Waals surface area (Å²) in [5, 5.41) is 16.8. The molecule has 0 atom stereocenters. The predicted octanol–water partition coefficient (Wildman–Crippen LogP) is 0.717. The number of morpholine rings is 1. The number of hydrogen-bond donors (Lipinski definition) is 2. The molecule has 9 nitrogen and oxygen atoms in total. The van der Waals surface area contributed by atoms with E-state index in [1.54, 1.807) is 13.2 Å². The zero-order chi connectivity index (χ0) is 19.6. The molecular formula is C17H22N4O5S. The van der Waals surface area contributed by atoms with Crippen LogP contribution in [-0.2, 0) is 21.3 Å². The van der Waals surface area contributed by atoms with Crippen LogP contribution < -0.4 is 0 Å². The summed E-state index contributed by atoms with van der Waals surface area (Å²) in [7, 11) is -2.18. The molecule has 0 bridgehead atoms. The number of carbonyl (C=O) groups is 1. The van der Waals surface area contributed by atoms with Gasteiger partial charge in [0.25, 0.3) is 5.91 Å². The molecule has 1 aromatic heterocycles. The maximum Gasteiger partial charge on any atom is 0.257 e. The number of amides is 1. The summed E-state index contributed by atoms with van der Waals surface area (Å²) < 4.78 is 32.1. The third-order valence-electron chi connectivity index (χ3n) is 4.49. The molecule has 146 valence electrons. The number of nitrogens with one attached hydrogen (secondary N) is 1. The van der Waals surface area contributed by atoms with Crippen molar-refractivity contribution in [1.82, 2.24) is 19.4 Å². The van der Waals surface area contributed by atoms with E-state index in [1.165, 1.54) is 27.4 Å². The monoisotopic (exact) mass is 394 g/mol. The Morgan fingerprint density at radius 3 is 2.70 bits per heavy atom. The Morgan fingerprint density at radius 2 is 2.07 bits per heavy atom. The van der Waals surface area contributed by atoms with E-state index in [-0.39, 0.29) is 35.8 Å². The molecule has 2 heterocycles. The molecule has 2 aromatic rings. The first-order valence-electron chi connectivity index (χ1n) is 8.46. The highest BCUT2D eigenvalue weighted by Crippen LogP contribution is 2.25. The Hall–Kier alpha value is -2.43. The fraction of sp³-hybridized carbons (Fsp3) is 0.412. The highest BCUT2D eigenvalue weighted by atomic mass is 32.2. The number of rotatable bonds is 5. The van der Waals surface area contributed by atoms with E-state index in [1.807, 2.05) is 6.92 Å². The van der Waals surface area contributed by atoms with E-state index in [9.17, 15) is 18.3 Å². The standard InChI is InChI=1S/C17H22N4O5S/c1-12-13(10-18-19-12)11-20(2)17(23)15-9-14(3-4-16(15)22)27(24,25)21-5-7-26-8-6-21/h3-4,9-10,22H,5-8,11H2,1-2H3,(H,18,19). The van der Waals surface area contributed by atoms with Gasteiger partial charge in [-0.3, -0.25) is 9.89 Å². The molecule has 1 fully saturated rings. The van der Waals surface area contributed by atoms with Crippen LogP contribution in [-0.4, -0.2) is 72.2 Å². The molecule has 0 spiro atoms. The smallest absolute Gasteiger partial charge is 0.257 e. The zero-order valence-corrected chi connectivity index (χ0v) is 16.0. The summed E-state index contributed by atoms with van der Waals surface area (Å²) in [4.78, 5) is 14.1. The summed E-state index contributed by atoms with van der Waals surface area (Å²) in [5.41, 5.74) is 1.61. The van der Waals surface area contributed by atoms with E-state index in [0.29, 0.717) is 13.2 Å².